The summed E-state index contributed by atoms with van der Waals surface area (Å²) in [5.74, 6) is -0.0441. The molecule has 0 saturated heterocycles. The molecule has 2 atom stereocenters. The van der Waals surface area contributed by atoms with Crippen LogP contribution in [0, 0.1) is 13.8 Å². The number of hydrogen-bond donors (Lipinski definition) is 0. The maximum Gasteiger partial charge on any atom is 0.178 e. The first-order chi connectivity index (χ1) is 10.0. The third-order valence-corrected chi connectivity index (χ3v) is 5.48. The van der Waals surface area contributed by atoms with Crippen molar-refractivity contribution < 1.29 is 9.00 Å². The summed E-state index contributed by atoms with van der Waals surface area (Å²) in [6.45, 7) is 5.82. The van der Waals surface area contributed by atoms with Crippen molar-refractivity contribution in [2.75, 3.05) is 0 Å². The van der Waals surface area contributed by atoms with E-state index >= 15 is 0 Å². The quantitative estimate of drug-likeness (QED) is 0.780. The van der Waals surface area contributed by atoms with Gasteiger partial charge in [-0.25, -0.2) is 0 Å². The smallest absolute Gasteiger partial charge is 0.178 e. The Morgan fingerprint density at radius 2 is 1.76 bits per heavy atom. The van der Waals surface area contributed by atoms with Crippen LogP contribution < -0.4 is 0 Å². The van der Waals surface area contributed by atoms with Crippen LogP contribution in [-0.4, -0.2) is 15.2 Å². The molecule has 0 aromatic heterocycles. The van der Waals surface area contributed by atoms with Gasteiger partial charge in [0.2, 0.25) is 0 Å². The molecule has 0 spiro atoms. The highest BCUT2D eigenvalue weighted by Gasteiger charge is 2.26. The second-order valence-corrected chi connectivity index (χ2v) is 6.80. The summed E-state index contributed by atoms with van der Waals surface area (Å²) in [5.41, 5.74) is 2.66. The lowest BCUT2D eigenvalue weighted by Gasteiger charge is -2.15. The molecular weight excluding hydrogens is 280 g/mol. The lowest BCUT2D eigenvalue weighted by Crippen LogP contribution is -2.26. The number of aryl methyl sites for hydroxylation is 2. The van der Waals surface area contributed by atoms with Gasteiger partial charge < -0.3 is 0 Å². The van der Waals surface area contributed by atoms with Gasteiger partial charge in [0, 0.05) is 10.5 Å². The summed E-state index contributed by atoms with van der Waals surface area (Å²) < 4.78 is 12.9. The first-order valence-corrected chi connectivity index (χ1v) is 8.33. The van der Waals surface area contributed by atoms with E-state index in [9.17, 15) is 9.00 Å². The minimum atomic E-state index is -1.32. The Labute approximate surface area is 128 Å². The molecule has 0 aliphatic heterocycles. The van der Waals surface area contributed by atoms with Crippen molar-refractivity contribution in [3.05, 3.63) is 65.2 Å². The number of hydrogen-bond acceptors (Lipinski definition) is 2. The largest absolute Gasteiger partial charge is 0.293 e. The molecule has 0 fully saturated rings. The van der Waals surface area contributed by atoms with Crippen LogP contribution in [0.2, 0.25) is 0 Å². The zero-order valence-corrected chi connectivity index (χ0v) is 13.4. The Balaban J connectivity index is 2.35. The molecule has 0 amide bonds. The lowest BCUT2D eigenvalue weighted by atomic mass is 10.1. The van der Waals surface area contributed by atoms with Gasteiger partial charge in [-0.2, -0.15) is 0 Å². The molecule has 21 heavy (non-hydrogen) atoms. The summed E-state index contributed by atoms with van der Waals surface area (Å²) >= 11 is 0. The fourth-order valence-corrected chi connectivity index (χ4v) is 3.93. The maximum atomic E-state index is 12.9. The molecule has 3 heteroatoms. The summed E-state index contributed by atoms with van der Waals surface area (Å²) in [7, 11) is -1.32. The van der Waals surface area contributed by atoms with E-state index in [2.05, 4.69) is 0 Å². The second-order valence-electron chi connectivity index (χ2n) is 5.19. The highest BCUT2D eigenvalue weighted by atomic mass is 32.2. The molecule has 0 heterocycles. The average molecular weight is 300 g/mol. The molecular formula is C18H20O2S. The second kappa shape index (κ2) is 6.81. The predicted molar refractivity (Wildman–Crippen MR) is 87.2 cm³/mol. The van der Waals surface area contributed by atoms with Gasteiger partial charge in [-0.3, -0.25) is 9.00 Å². The number of rotatable bonds is 5. The molecule has 2 aromatic carbocycles. The molecule has 2 nitrogen and oxygen atoms in total. The number of carbonyl (C=O) groups excluding carboxylic acids is 1. The van der Waals surface area contributed by atoms with Crippen LogP contribution in [0.15, 0.2) is 53.4 Å². The summed E-state index contributed by atoms with van der Waals surface area (Å²) in [6, 6.07) is 15.0. The van der Waals surface area contributed by atoms with E-state index in [1.807, 2.05) is 57.2 Å². The van der Waals surface area contributed by atoms with Crippen LogP contribution in [-0.2, 0) is 10.8 Å². The molecule has 0 saturated carbocycles. The summed E-state index contributed by atoms with van der Waals surface area (Å²) in [6.07, 6.45) is 0.563. The fraction of sp³-hybridized carbons (Fsp3) is 0.278. The van der Waals surface area contributed by atoms with Gasteiger partial charge in [0.05, 0.1) is 10.8 Å². The third-order valence-electron chi connectivity index (χ3n) is 3.54. The SMILES string of the molecule is CCC(C(=O)c1ccccc1)S(=O)c1cc(C)ccc1C. The Kier molecular flexibility index (Phi) is 5.07. The van der Waals surface area contributed by atoms with Crippen LogP contribution in [0.4, 0.5) is 0 Å². The van der Waals surface area contributed by atoms with E-state index < -0.39 is 16.0 Å². The van der Waals surface area contributed by atoms with Gasteiger partial charge in [0.15, 0.2) is 5.78 Å². The number of benzene rings is 2. The summed E-state index contributed by atoms with van der Waals surface area (Å²) in [5, 5.41) is -0.493. The van der Waals surface area contributed by atoms with Crippen molar-refractivity contribution in [3.63, 3.8) is 0 Å². The van der Waals surface area contributed by atoms with Crippen molar-refractivity contribution in [1.29, 1.82) is 0 Å². The Morgan fingerprint density at radius 1 is 1.10 bits per heavy atom. The van der Waals surface area contributed by atoms with E-state index in [1.165, 1.54) is 0 Å². The topological polar surface area (TPSA) is 34.1 Å². The minimum Gasteiger partial charge on any atom is -0.293 e. The fourth-order valence-electron chi connectivity index (χ4n) is 2.30. The van der Waals surface area contributed by atoms with Gasteiger partial charge >= 0.3 is 0 Å². The van der Waals surface area contributed by atoms with Crippen molar-refractivity contribution in [3.8, 4) is 0 Å². The minimum absolute atomic E-state index is 0.0441. The van der Waals surface area contributed by atoms with Crippen molar-refractivity contribution in [2.45, 2.75) is 37.3 Å². The molecule has 2 rings (SSSR count). The molecule has 0 N–H and O–H groups in total. The van der Waals surface area contributed by atoms with Crippen LogP contribution >= 0.6 is 0 Å². The third kappa shape index (κ3) is 3.48. The predicted octanol–water partition coefficient (Wildman–Crippen LogP) is 4.07. The molecule has 2 unspecified atom stereocenters. The van der Waals surface area contributed by atoms with E-state index in [-0.39, 0.29) is 5.78 Å². The number of carbonyl (C=O) groups is 1. The van der Waals surface area contributed by atoms with Crippen molar-refractivity contribution in [2.24, 2.45) is 0 Å². The van der Waals surface area contributed by atoms with E-state index in [0.717, 1.165) is 16.0 Å². The first kappa shape index (κ1) is 15.6. The van der Waals surface area contributed by atoms with Crippen molar-refractivity contribution in [1.82, 2.24) is 0 Å². The molecule has 0 bridgehead atoms. The zero-order chi connectivity index (χ0) is 15.4. The van der Waals surface area contributed by atoms with Gasteiger partial charge in [0.25, 0.3) is 0 Å². The summed E-state index contributed by atoms with van der Waals surface area (Å²) in [4.78, 5) is 13.4. The molecule has 2 aromatic rings. The number of Topliss-reactive ketones (excluding diaryl/α,β-unsaturated/α-hetero) is 1. The van der Waals surface area contributed by atoms with Gasteiger partial charge in [0.1, 0.15) is 5.25 Å². The Bertz CT molecular complexity index is 662. The van der Waals surface area contributed by atoms with Crippen LogP contribution in [0.3, 0.4) is 0 Å². The first-order valence-electron chi connectivity index (χ1n) is 7.11. The normalized spacial score (nSPS) is 13.7. The van der Waals surface area contributed by atoms with Crippen LogP contribution in [0.25, 0.3) is 0 Å². The zero-order valence-electron chi connectivity index (χ0n) is 12.6. The molecule has 0 aliphatic rings. The van der Waals surface area contributed by atoms with Gasteiger partial charge in [-0.05, 0) is 37.5 Å². The monoisotopic (exact) mass is 300 g/mol. The van der Waals surface area contributed by atoms with E-state index in [1.54, 1.807) is 12.1 Å². The lowest BCUT2D eigenvalue weighted by molar-refractivity contribution is 0.0986. The van der Waals surface area contributed by atoms with E-state index in [4.69, 9.17) is 0 Å². The van der Waals surface area contributed by atoms with Gasteiger partial charge in [-0.1, -0.05) is 49.4 Å². The van der Waals surface area contributed by atoms with Gasteiger partial charge in [-0.15, -0.1) is 0 Å². The van der Waals surface area contributed by atoms with E-state index in [0.29, 0.717) is 12.0 Å². The van der Waals surface area contributed by atoms with Crippen LogP contribution in [0.5, 0.6) is 0 Å². The molecule has 0 radical (unpaired) electrons. The highest BCUT2D eigenvalue weighted by molar-refractivity contribution is 7.86. The van der Waals surface area contributed by atoms with Crippen molar-refractivity contribution >= 4 is 16.6 Å². The Hall–Kier alpha value is -1.74. The average Bonchev–Trinajstić information content (AvgIpc) is 2.51. The van der Waals surface area contributed by atoms with Crippen LogP contribution in [0.1, 0.15) is 34.8 Å². The Morgan fingerprint density at radius 3 is 2.38 bits per heavy atom. The maximum absolute atomic E-state index is 12.9. The standard InChI is InChI=1S/C18H20O2S/c1-4-16(18(19)15-8-6-5-7-9-15)21(20)17-12-13(2)10-11-14(17)3/h5-12,16H,4H2,1-3H3. The number of ketones is 1. The molecule has 0 aliphatic carbocycles. The highest BCUT2D eigenvalue weighted by Crippen LogP contribution is 2.22. The molecule has 110 valence electrons.